The van der Waals surface area contributed by atoms with Crippen LogP contribution in [0.25, 0.3) is 0 Å². The van der Waals surface area contributed by atoms with E-state index in [4.69, 9.17) is 0 Å². The quantitative estimate of drug-likeness (QED) is 0.515. The van der Waals surface area contributed by atoms with Gasteiger partial charge in [0, 0.05) is 13.0 Å². The van der Waals surface area contributed by atoms with Crippen LogP contribution < -0.4 is 5.32 Å². The summed E-state index contributed by atoms with van der Waals surface area (Å²) >= 11 is 1.17. The molecule has 4 rings (SSSR count). The Bertz CT molecular complexity index is 1290. The Morgan fingerprint density at radius 3 is 2.62 bits per heavy atom. The van der Waals surface area contributed by atoms with Gasteiger partial charge in [-0.15, -0.1) is 11.3 Å². The number of sulfonamides is 1. The third kappa shape index (κ3) is 5.16. The van der Waals surface area contributed by atoms with Crippen LogP contribution in [0.3, 0.4) is 0 Å². The standard InChI is InChI=1S/C23H22F3N3O3S2/c1-15-22(33-20(27-15)14-16-7-5-8-17(13-16)23(24,25)26)28-21(30)19-11-6-12-29(19)34(31,32)18-9-3-2-4-10-18/h2-5,7-10,13,19H,6,11-12,14H2,1H3,(H,28,30)/t19-/m0/s1. The number of alkyl halides is 3. The van der Waals surface area contributed by atoms with Crippen LogP contribution in [0, 0.1) is 6.92 Å². The Labute approximate surface area is 199 Å². The largest absolute Gasteiger partial charge is 0.416 e. The lowest BCUT2D eigenvalue weighted by Crippen LogP contribution is -2.43. The van der Waals surface area contributed by atoms with Crippen LogP contribution in [0.5, 0.6) is 0 Å². The molecule has 180 valence electrons. The number of carbonyl (C=O) groups excluding carboxylic acids is 1. The van der Waals surface area contributed by atoms with Gasteiger partial charge in [0.1, 0.15) is 11.0 Å². The van der Waals surface area contributed by atoms with Crippen LogP contribution in [0.15, 0.2) is 59.5 Å². The zero-order chi connectivity index (χ0) is 24.5. The molecule has 0 unspecified atom stereocenters. The van der Waals surface area contributed by atoms with Gasteiger partial charge in [-0.1, -0.05) is 36.4 Å². The summed E-state index contributed by atoms with van der Waals surface area (Å²) in [5.74, 6) is -0.450. The van der Waals surface area contributed by atoms with Gasteiger partial charge < -0.3 is 5.32 Å². The summed E-state index contributed by atoms with van der Waals surface area (Å²) < 4.78 is 66.2. The lowest BCUT2D eigenvalue weighted by molar-refractivity contribution is -0.137. The van der Waals surface area contributed by atoms with Crippen molar-refractivity contribution in [2.24, 2.45) is 0 Å². The van der Waals surface area contributed by atoms with Crippen LogP contribution in [-0.2, 0) is 27.4 Å². The zero-order valence-electron chi connectivity index (χ0n) is 18.2. The predicted octanol–water partition coefficient (Wildman–Crippen LogP) is 4.85. The summed E-state index contributed by atoms with van der Waals surface area (Å²) in [4.78, 5) is 17.5. The highest BCUT2D eigenvalue weighted by Gasteiger charge is 2.39. The maximum atomic E-state index is 13.0. The number of nitrogens with one attached hydrogen (secondary N) is 1. The molecule has 2 heterocycles. The number of carbonyl (C=O) groups is 1. The second-order valence-electron chi connectivity index (χ2n) is 7.97. The first-order chi connectivity index (χ1) is 16.1. The van der Waals surface area contributed by atoms with E-state index in [9.17, 15) is 26.4 Å². The van der Waals surface area contributed by atoms with Crippen molar-refractivity contribution in [3.05, 3.63) is 76.4 Å². The molecule has 1 amide bonds. The fourth-order valence-corrected chi connectivity index (χ4v) is 6.57. The number of aryl methyl sites for hydroxylation is 1. The first kappa shape index (κ1) is 24.4. The fraction of sp³-hybridized carbons (Fsp3) is 0.304. The number of thiazole rings is 1. The second kappa shape index (κ2) is 9.47. The van der Waals surface area contributed by atoms with Crippen LogP contribution in [0.1, 0.15) is 34.7 Å². The van der Waals surface area contributed by atoms with Crippen LogP contribution in [0.4, 0.5) is 18.2 Å². The minimum absolute atomic E-state index is 0.132. The molecule has 0 bridgehead atoms. The summed E-state index contributed by atoms with van der Waals surface area (Å²) in [6.07, 6.45) is -3.29. The van der Waals surface area contributed by atoms with Crippen molar-refractivity contribution in [2.45, 2.75) is 43.3 Å². The molecule has 1 fully saturated rings. The third-order valence-corrected chi connectivity index (χ3v) is 8.54. The zero-order valence-corrected chi connectivity index (χ0v) is 19.8. The Balaban J connectivity index is 1.49. The van der Waals surface area contributed by atoms with Gasteiger partial charge >= 0.3 is 6.18 Å². The first-order valence-electron chi connectivity index (χ1n) is 10.6. The van der Waals surface area contributed by atoms with Crippen molar-refractivity contribution >= 4 is 32.3 Å². The summed E-state index contributed by atoms with van der Waals surface area (Å²) in [5.41, 5.74) is 0.251. The normalized spacial score (nSPS) is 17.1. The number of anilines is 1. The smallest absolute Gasteiger partial charge is 0.315 e. The second-order valence-corrected chi connectivity index (χ2v) is 10.9. The SMILES string of the molecule is Cc1nc(Cc2cccc(C(F)(F)F)c2)sc1NC(=O)[C@@H]1CCCN1S(=O)(=O)c1ccccc1. The number of halogens is 3. The van der Waals surface area contributed by atoms with Gasteiger partial charge in [0.15, 0.2) is 0 Å². The summed E-state index contributed by atoms with van der Waals surface area (Å²) in [6.45, 7) is 1.94. The number of rotatable bonds is 6. The van der Waals surface area contributed by atoms with E-state index in [1.165, 1.54) is 33.8 Å². The summed E-state index contributed by atoms with van der Waals surface area (Å²) in [5, 5.41) is 3.78. The molecule has 1 N–H and O–H groups in total. The Kier molecular flexibility index (Phi) is 6.79. The van der Waals surface area contributed by atoms with E-state index >= 15 is 0 Å². The van der Waals surface area contributed by atoms with E-state index in [1.807, 2.05) is 0 Å². The van der Waals surface area contributed by atoms with Crippen molar-refractivity contribution in [2.75, 3.05) is 11.9 Å². The molecular formula is C23H22F3N3O3S2. The van der Waals surface area contributed by atoms with Gasteiger partial charge in [0.25, 0.3) is 0 Å². The molecule has 11 heteroatoms. The first-order valence-corrected chi connectivity index (χ1v) is 12.8. The third-order valence-electron chi connectivity index (χ3n) is 5.54. The molecule has 0 radical (unpaired) electrons. The van der Waals surface area contributed by atoms with E-state index in [-0.39, 0.29) is 17.9 Å². The fourth-order valence-electron chi connectivity index (χ4n) is 3.89. The van der Waals surface area contributed by atoms with Gasteiger partial charge in [-0.2, -0.15) is 17.5 Å². The van der Waals surface area contributed by atoms with Crippen molar-refractivity contribution in [1.82, 2.24) is 9.29 Å². The van der Waals surface area contributed by atoms with Gasteiger partial charge in [0.2, 0.25) is 15.9 Å². The molecule has 1 atom stereocenters. The molecular weight excluding hydrogens is 487 g/mol. The molecule has 0 aliphatic carbocycles. The lowest BCUT2D eigenvalue weighted by atomic mass is 10.1. The number of nitrogens with zero attached hydrogens (tertiary/aromatic N) is 2. The molecule has 1 aliphatic heterocycles. The molecule has 3 aromatic rings. The van der Waals surface area contributed by atoms with E-state index < -0.39 is 33.7 Å². The molecule has 1 saturated heterocycles. The molecule has 2 aromatic carbocycles. The van der Waals surface area contributed by atoms with Crippen molar-refractivity contribution in [1.29, 1.82) is 0 Å². The maximum Gasteiger partial charge on any atom is 0.416 e. The van der Waals surface area contributed by atoms with Gasteiger partial charge in [-0.05, 0) is 43.5 Å². The van der Waals surface area contributed by atoms with Crippen molar-refractivity contribution < 1.29 is 26.4 Å². The number of amides is 1. The lowest BCUT2D eigenvalue weighted by Gasteiger charge is -2.23. The van der Waals surface area contributed by atoms with Crippen LogP contribution >= 0.6 is 11.3 Å². The molecule has 1 aromatic heterocycles. The van der Waals surface area contributed by atoms with Crippen LogP contribution in [0.2, 0.25) is 0 Å². The topological polar surface area (TPSA) is 79.4 Å². The molecule has 1 aliphatic rings. The minimum atomic E-state index is -4.43. The summed E-state index contributed by atoms with van der Waals surface area (Å²) in [7, 11) is -3.82. The van der Waals surface area contributed by atoms with Crippen LogP contribution in [-0.4, -0.2) is 36.2 Å². The van der Waals surface area contributed by atoms with E-state index in [0.29, 0.717) is 34.1 Å². The average molecular weight is 510 g/mol. The molecule has 0 spiro atoms. The van der Waals surface area contributed by atoms with Gasteiger partial charge in [-0.25, -0.2) is 13.4 Å². The molecule has 0 saturated carbocycles. The van der Waals surface area contributed by atoms with Gasteiger partial charge in [0.05, 0.1) is 21.2 Å². The highest BCUT2D eigenvalue weighted by atomic mass is 32.2. The Hall–Kier alpha value is -2.76. The average Bonchev–Trinajstić information content (AvgIpc) is 3.41. The minimum Gasteiger partial charge on any atom is -0.315 e. The Morgan fingerprint density at radius 2 is 1.91 bits per heavy atom. The number of aromatic nitrogens is 1. The Morgan fingerprint density at radius 1 is 1.18 bits per heavy atom. The van der Waals surface area contributed by atoms with Crippen molar-refractivity contribution in [3.63, 3.8) is 0 Å². The molecule has 34 heavy (non-hydrogen) atoms. The highest BCUT2D eigenvalue weighted by Crippen LogP contribution is 2.32. The number of hydrogen-bond acceptors (Lipinski definition) is 5. The van der Waals surface area contributed by atoms with E-state index in [2.05, 4.69) is 10.3 Å². The van der Waals surface area contributed by atoms with Gasteiger partial charge in [-0.3, -0.25) is 4.79 Å². The number of benzene rings is 2. The predicted molar refractivity (Wildman–Crippen MR) is 123 cm³/mol. The monoisotopic (exact) mass is 509 g/mol. The highest BCUT2D eigenvalue weighted by molar-refractivity contribution is 7.89. The summed E-state index contributed by atoms with van der Waals surface area (Å²) in [6, 6.07) is 12.2. The van der Waals surface area contributed by atoms with Crippen molar-refractivity contribution in [3.8, 4) is 0 Å². The van der Waals surface area contributed by atoms with E-state index in [1.54, 1.807) is 31.2 Å². The number of hydrogen-bond donors (Lipinski definition) is 1. The molecule has 6 nitrogen and oxygen atoms in total. The van der Waals surface area contributed by atoms with E-state index in [0.717, 1.165) is 12.1 Å². The maximum absolute atomic E-state index is 13.0.